The van der Waals surface area contributed by atoms with Gasteiger partial charge in [0.05, 0.1) is 17.4 Å². The van der Waals surface area contributed by atoms with Crippen LogP contribution in [0, 0.1) is 6.92 Å². The van der Waals surface area contributed by atoms with Crippen LogP contribution in [0.2, 0.25) is 0 Å². The van der Waals surface area contributed by atoms with E-state index >= 15 is 0 Å². The van der Waals surface area contributed by atoms with E-state index in [4.69, 9.17) is 11.5 Å². The van der Waals surface area contributed by atoms with E-state index in [1.807, 2.05) is 25.1 Å². The number of hydrogen-bond donors (Lipinski definition) is 4. The zero-order valence-corrected chi connectivity index (χ0v) is 12.9. The minimum Gasteiger partial charge on any atom is -0.493 e. The fraction of sp³-hybridized carbons (Fsp3) is 0.0625. The zero-order chi connectivity index (χ0) is 16.8. The first-order chi connectivity index (χ1) is 11.5. The highest BCUT2D eigenvalue weighted by Crippen LogP contribution is 2.26. The first kappa shape index (κ1) is 14.1. The summed E-state index contributed by atoms with van der Waals surface area (Å²) in [5, 5.41) is 18.1. The third-order valence-corrected chi connectivity index (χ3v) is 3.80. The lowest BCUT2D eigenvalue weighted by molar-refractivity contribution is 0.455. The molecule has 0 bridgehead atoms. The standard InChI is InChI=1S/C16H15N7O/c1-8-4-15(24)21-12-3-2-9(5-10(8)12)20-14-6-11(17)16-19-7-13(18)23(16)22-14/h2-7H,17-18H2,1H3,(H,20,22)(H,21,24). The topological polar surface area (TPSA) is 127 Å². The van der Waals surface area contributed by atoms with Gasteiger partial charge < -0.3 is 21.9 Å². The molecular formula is C16H15N7O. The number of aromatic nitrogens is 4. The summed E-state index contributed by atoms with van der Waals surface area (Å²) < 4.78 is 1.49. The van der Waals surface area contributed by atoms with E-state index < -0.39 is 0 Å². The number of aryl methyl sites for hydroxylation is 1. The summed E-state index contributed by atoms with van der Waals surface area (Å²) in [4.78, 5) is 8.23. The first-order valence-corrected chi connectivity index (χ1v) is 7.28. The second kappa shape index (κ2) is 4.98. The Morgan fingerprint density at radius 2 is 2.00 bits per heavy atom. The number of fused-ring (bicyclic) bond motifs is 2. The summed E-state index contributed by atoms with van der Waals surface area (Å²) in [5.41, 5.74) is 15.3. The molecule has 0 saturated carbocycles. The fourth-order valence-electron chi connectivity index (χ4n) is 2.67. The third kappa shape index (κ3) is 2.21. The summed E-state index contributed by atoms with van der Waals surface area (Å²) in [6.07, 6.45) is 1.51. The van der Waals surface area contributed by atoms with Crippen LogP contribution in [0.15, 0.2) is 36.5 Å². The summed E-state index contributed by atoms with van der Waals surface area (Å²) in [6, 6.07) is 8.95. The molecule has 1 aromatic carbocycles. The van der Waals surface area contributed by atoms with Crippen LogP contribution in [0.1, 0.15) is 5.56 Å². The number of nitrogens with one attached hydrogen (secondary N) is 1. The smallest absolute Gasteiger partial charge is 0.211 e. The number of anilines is 4. The van der Waals surface area contributed by atoms with Gasteiger partial charge in [-0.3, -0.25) is 0 Å². The Kier molecular flexibility index (Phi) is 2.92. The SMILES string of the molecule is Cc1cc(O)nc2ccc(Nc3cc(N)c4ncc(N)n4n3)cc12. The maximum absolute atomic E-state index is 9.58. The van der Waals surface area contributed by atoms with Crippen LogP contribution >= 0.6 is 0 Å². The van der Waals surface area contributed by atoms with Gasteiger partial charge in [0.15, 0.2) is 11.5 Å². The Morgan fingerprint density at radius 1 is 1.17 bits per heavy atom. The minimum absolute atomic E-state index is 0.0104. The average molecular weight is 321 g/mol. The largest absolute Gasteiger partial charge is 0.493 e. The van der Waals surface area contributed by atoms with Crippen LogP contribution in [0.5, 0.6) is 5.88 Å². The molecule has 0 aliphatic heterocycles. The van der Waals surface area contributed by atoms with Gasteiger partial charge in [0.2, 0.25) is 5.88 Å². The minimum atomic E-state index is 0.0104. The Balaban J connectivity index is 1.77. The predicted octanol–water partition coefficient (Wildman–Crippen LogP) is 2.20. The van der Waals surface area contributed by atoms with Crippen molar-refractivity contribution in [3.63, 3.8) is 0 Å². The molecule has 4 aromatic rings. The van der Waals surface area contributed by atoms with E-state index in [1.54, 1.807) is 12.1 Å². The van der Waals surface area contributed by atoms with Gasteiger partial charge in [-0.25, -0.2) is 9.97 Å². The van der Waals surface area contributed by atoms with Crippen molar-refractivity contribution in [1.29, 1.82) is 0 Å². The number of benzene rings is 1. The molecule has 0 atom stereocenters. The van der Waals surface area contributed by atoms with E-state index in [9.17, 15) is 5.11 Å². The van der Waals surface area contributed by atoms with E-state index in [2.05, 4.69) is 20.4 Å². The van der Waals surface area contributed by atoms with Crippen molar-refractivity contribution in [1.82, 2.24) is 19.6 Å². The van der Waals surface area contributed by atoms with Crippen molar-refractivity contribution < 1.29 is 5.11 Å². The van der Waals surface area contributed by atoms with Crippen molar-refractivity contribution in [2.75, 3.05) is 16.8 Å². The number of nitrogens with two attached hydrogens (primary N) is 2. The maximum Gasteiger partial charge on any atom is 0.211 e. The highest BCUT2D eigenvalue weighted by atomic mass is 16.3. The monoisotopic (exact) mass is 321 g/mol. The van der Waals surface area contributed by atoms with E-state index in [1.165, 1.54) is 10.7 Å². The summed E-state index contributed by atoms with van der Waals surface area (Å²) in [6.45, 7) is 1.92. The van der Waals surface area contributed by atoms with Crippen LogP contribution in [0.4, 0.5) is 23.0 Å². The van der Waals surface area contributed by atoms with Crippen LogP contribution in [-0.4, -0.2) is 24.7 Å². The van der Waals surface area contributed by atoms with Crippen LogP contribution in [-0.2, 0) is 0 Å². The van der Waals surface area contributed by atoms with Crippen LogP contribution in [0.3, 0.4) is 0 Å². The van der Waals surface area contributed by atoms with Crippen molar-refractivity contribution in [3.8, 4) is 5.88 Å². The summed E-state index contributed by atoms with van der Waals surface area (Å²) in [5.74, 6) is 0.971. The Hall–Kier alpha value is -3.55. The fourth-order valence-corrected chi connectivity index (χ4v) is 2.67. The average Bonchev–Trinajstić information content (AvgIpc) is 2.90. The Labute approximate surface area is 136 Å². The number of pyridine rings is 1. The normalized spacial score (nSPS) is 11.2. The first-order valence-electron chi connectivity index (χ1n) is 7.28. The van der Waals surface area contributed by atoms with Gasteiger partial charge in [-0.15, -0.1) is 5.10 Å². The molecule has 24 heavy (non-hydrogen) atoms. The highest BCUT2D eigenvalue weighted by molar-refractivity contribution is 5.86. The summed E-state index contributed by atoms with van der Waals surface area (Å²) >= 11 is 0. The molecule has 0 amide bonds. The van der Waals surface area contributed by atoms with E-state index in [0.29, 0.717) is 23.0 Å². The number of nitrogen functional groups attached to an aromatic ring is 2. The molecule has 0 aliphatic rings. The van der Waals surface area contributed by atoms with Crippen LogP contribution < -0.4 is 16.8 Å². The second-order valence-electron chi connectivity index (χ2n) is 5.56. The molecule has 6 N–H and O–H groups in total. The van der Waals surface area contributed by atoms with Gasteiger partial charge >= 0.3 is 0 Å². The van der Waals surface area contributed by atoms with Gasteiger partial charge in [0.25, 0.3) is 0 Å². The lowest BCUT2D eigenvalue weighted by Gasteiger charge is -2.10. The highest BCUT2D eigenvalue weighted by Gasteiger charge is 2.09. The number of hydrogen-bond acceptors (Lipinski definition) is 7. The lowest BCUT2D eigenvalue weighted by atomic mass is 10.1. The number of nitrogens with zero attached hydrogens (tertiary/aromatic N) is 4. The van der Waals surface area contributed by atoms with Crippen LogP contribution in [0.25, 0.3) is 16.6 Å². The molecule has 3 heterocycles. The van der Waals surface area contributed by atoms with Crippen molar-refractivity contribution in [2.24, 2.45) is 0 Å². The van der Waals surface area contributed by atoms with Gasteiger partial charge in [0, 0.05) is 23.2 Å². The molecular weight excluding hydrogens is 306 g/mol. The molecule has 120 valence electrons. The molecule has 4 rings (SSSR count). The van der Waals surface area contributed by atoms with E-state index in [-0.39, 0.29) is 5.88 Å². The van der Waals surface area contributed by atoms with Crippen molar-refractivity contribution in [2.45, 2.75) is 6.92 Å². The van der Waals surface area contributed by atoms with Gasteiger partial charge in [-0.05, 0) is 30.7 Å². The second-order valence-corrected chi connectivity index (χ2v) is 5.56. The maximum atomic E-state index is 9.58. The molecule has 3 aromatic heterocycles. The van der Waals surface area contributed by atoms with Crippen molar-refractivity contribution in [3.05, 3.63) is 42.1 Å². The van der Waals surface area contributed by atoms with Crippen molar-refractivity contribution >= 4 is 39.6 Å². The molecule has 0 fully saturated rings. The van der Waals surface area contributed by atoms with Gasteiger partial charge in [-0.1, -0.05) is 0 Å². The molecule has 0 spiro atoms. The third-order valence-electron chi connectivity index (χ3n) is 3.80. The Bertz CT molecular complexity index is 1090. The number of aromatic hydroxyl groups is 1. The molecule has 0 saturated heterocycles. The Morgan fingerprint density at radius 3 is 2.83 bits per heavy atom. The molecule has 0 aliphatic carbocycles. The molecule has 0 radical (unpaired) electrons. The number of imidazole rings is 1. The molecule has 8 heteroatoms. The number of rotatable bonds is 2. The molecule has 8 nitrogen and oxygen atoms in total. The van der Waals surface area contributed by atoms with Gasteiger partial charge in [0.1, 0.15) is 5.82 Å². The van der Waals surface area contributed by atoms with Gasteiger partial charge in [-0.2, -0.15) is 4.52 Å². The van der Waals surface area contributed by atoms with E-state index in [0.717, 1.165) is 22.2 Å². The lowest BCUT2D eigenvalue weighted by Crippen LogP contribution is -2.04. The zero-order valence-electron chi connectivity index (χ0n) is 12.9. The predicted molar refractivity (Wildman–Crippen MR) is 93.2 cm³/mol. The quantitative estimate of drug-likeness (QED) is 0.445. The summed E-state index contributed by atoms with van der Waals surface area (Å²) in [7, 11) is 0. The molecule has 0 unspecified atom stereocenters.